The number of hydrogen-bond acceptors (Lipinski definition) is 3. The molecule has 1 fully saturated rings. The van der Waals surface area contributed by atoms with Gasteiger partial charge >= 0.3 is 0 Å². The Balaban J connectivity index is 1.75. The molecule has 2 rings (SSSR count). The molecule has 126 valence electrons. The van der Waals surface area contributed by atoms with E-state index in [4.69, 9.17) is 0 Å². The van der Waals surface area contributed by atoms with Crippen molar-refractivity contribution in [3.05, 3.63) is 35.6 Å². The van der Waals surface area contributed by atoms with Gasteiger partial charge in [-0.25, -0.2) is 4.39 Å². The fourth-order valence-electron chi connectivity index (χ4n) is 2.78. The van der Waals surface area contributed by atoms with Crippen LogP contribution in [0.5, 0.6) is 0 Å². The zero-order chi connectivity index (χ0) is 16.8. The Morgan fingerprint density at radius 2 is 2.04 bits per heavy atom. The van der Waals surface area contributed by atoms with Gasteiger partial charge in [0.25, 0.3) is 5.91 Å². The van der Waals surface area contributed by atoms with Crippen LogP contribution in [0.4, 0.5) is 4.39 Å². The lowest BCUT2D eigenvalue weighted by molar-refractivity contribution is -0.132. The highest BCUT2D eigenvalue weighted by atomic mass is 19.1. The second kappa shape index (κ2) is 8.06. The quantitative estimate of drug-likeness (QED) is 0.894. The van der Waals surface area contributed by atoms with Crippen molar-refractivity contribution in [2.75, 3.05) is 33.7 Å². The summed E-state index contributed by atoms with van der Waals surface area (Å²) in [4.78, 5) is 28.1. The third kappa shape index (κ3) is 5.03. The van der Waals surface area contributed by atoms with Gasteiger partial charge in [0, 0.05) is 31.6 Å². The number of hydrogen-bond donors (Lipinski definition) is 1. The number of halogens is 1. The molecule has 0 atom stereocenters. The van der Waals surface area contributed by atoms with Crippen molar-refractivity contribution in [1.29, 1.82) is 0 Å². The molecule has 0 unspecified atom stereocenters. The van der Waals surface area contributed by atoms with E-state index >= 15 is 0 Å². The molecule has 1 N–H and O–H groups in total. The normalized spacial score (nSPS) is 16.1. The van der Waals surface area contributed by atoms with Gasteiger partial charge < -0.3 is 15.1 Å². The molecule has 1 saturated heterocycles. The number of piperidine rings is 1. The number of nitrogens with zero attached hydrogens (tertiary/aromatic N) is 2. The van der Waals surface area contributed by atoms with Crippen molar-refractivity contribution in [3.63, 3.8) is 0 Å². The van der Waals surface area contributed by atoms with E-state index in [-0.39, 0.29) is 36.4 Å². The molecule has 23 heavy (non-hydrogen) atoms. The molecule has 1 aromatic rings. The molecule has 0 aromatic heterocycles. The standard InChI is InChI=1S/C17H24FN3O2/c1-20-10-7-15(8-11-20)21(2)16(22)6-9-19-17(23)13-4-3-5-14(18)12-13/h3-5,12,15H,6-11H2,1-2H3,(H,19,23). The third-order valence-corrected chi connectivity index (χ3v) is 4.34. The minimum atomic E-state index is -0.448. The highest BCUT2D eigenvalue weighted by Crippen LogP contribution is 2.14. The maximum Gasteiger partial charge on any atom is 0.251 e. The van der Waals surface area contributed by atoms with Crippen molar-refractivity contribution in [2.45, 2.75) is 25.3 Å². The van der Waals surface area contributed by atoms with Crippen molar-refractivity contribution in [3.8, 4) is 0 Å². The number of likely N-dealkylation sites (tertiary alicyclic amines) is 1. The summed E-state index contributed by atoms with van der Waals surface area (Å²) in [5.74, 6) is -0.783. The SMILES string of the molecule is CN1CCC(N(C)C(=O)CCNC(=O)c2cccc(F)c2)CC1. The largest absolute Gasteiger partial charge is 0.352 e. The molecular weight excluding hydrogens is 297 g/mol. The molecule has 2 amide bonds. The molecule has 0 saturated carbocycles. The fourth-order valence-corrected chi connectivity index (χ4v) is 2.78. The van der Waals surface area contributed by atoms with Crippen molar-refractivity contribution in [2.24, 2.45) is 0 Å². The van der Waals surface area contributed by atoms with E-state index in [1.807, 2.05) is 7.05 Å². The van der Waals surface area contributed by atoms with Crippen molar-refractivity contribution in [1.82, 2.24) is 15.1 Å². The van der Waals surface area contributed by atoms with Gasteiger partial charge in [-0.1, -0.05) is 6.07 Å². The molecule has 6 heteroatoms. The smallest absolute Gasteiger partial charge is 0.251 e. The summed E-state index contributed by atoms with van der Waals surface area (Å²) in [7, 11) is 3.91. The van der Waals surface area contributed by atoms with E-state index in [0.717, 1.165) is 25.9 Å². The molecule has 0 spiro atoms. The maximum atomic E-state index is 13.1. The minimum Gasteiger partial charge on any atom is -0.352 e. The summed E-state index contributed by atoms with van der Waals surface area (Å²) >= 11 is 0. The molecule has 5 nitrogen and oxygen atoms in total. The van der Waals surface area contributed by atoms with Crippen LogP contribution >= 0.6 is 0 Å². The molecule has 1 aliphatic heterocycles. The average Bonchev–Trinajstić information content (AvgIpc) is 2.54. The van der Waals surface area contributed by atoms with E-state index in [9.17, 15) is 14.0 Å². The molecular formula is C17H24FN3O2. The lowest BCUT2D eigenvalue weighted by Crippen LogP contribution is -2.45. The topological polar surface area (TPSA) is 52.6 Å². The highest BCUT2D eigenvalue weighted by Gasteiger charge is 2.23. The summed E-state index contributed by atoms with van der Waals surface area (Å²) in [6, 6.07) is 5.78. The number of carbonyl (C=O) groups is 2. The summed E-state index contributed by atoms with van der Waals surface area (Å²) in [6.07, 6.45) is 2.21. The Kier molecular flexibility index (Phi) is 6.10. The van der Waals surface area contributed by atoms with E-state index in [1.54, 1.807) is 11.0 Å². The number of nitrogens with one attached hydrogen (secondary N) is 1. The van der Waals surface area contributed by atoms with Crippen LogP contribution in [0.2, 0.25) is 0 Å². The summed E-state index contributed by atoms with van der Waals surface area (Å²) in [6.45, 7) is 2.25. The summed E-state index contributed by atoms with van der Waals surface area (Å²) < 4.78 is 13.1. The van der Waals surface area contributed by atoms with Crippen LogP contribution in [0.25, 0.3) is 0 Å². The van der Waals surface area contributed by atoms with E-state index in [0.29, 0.717) is 0 Å². The minimum absolute atomic E-state index is 0.0269. The molecule has 0 aliphatic carbocycles. The van der Waals surface area contributed by atoms with Gasteiger partial charge in [0.1, 0.15) is 5.82 Å². The maximum absolute atomic E-state index is 13.1. The van der Waals surface area contributed by atoms with Gasteiger partial charge in [-0.3, -0.25) is 9.59 Å². The Morgan fingerprint density at radius 3 is 2.70 bits per heavy atom. The van der Waals surface area contributed by atoms with Gasteiger partial charge in [0.15, 0.2) is 0 Å². The second-order valence-corrected chi connectivity index (χ2v) is 6.06. The first-order valence-electron chi connectivity index (χ1n) is 7.95. The first-order valence-corrected chi connectivity index (χ1v) is 7.95. The van der Waals surface area contributed by atoms with Crippen LogP contribution in [0, 0.1) is 5.82 Å². The highest BCUT2D eigenvalue weighted by molar-refractivity contribution is 5.94. The first kappa shape index (κ1) is 17.4. The molecule has 0 bridgehead atoms. The predicted molar refractivity (Wildman–Crippen MR) is 86.6 cm³/mol. The van der Waals surface area contributed by atoms with Crippen LogP contribution in [-0.4, -0.2) is 61.4 Å². The molecule has 0 radical (unpaired) electrons. The lowest BCUT2D eigenvalue weighted by atomic mass is 10.0. The lowest BCUT2D eigenvalue weighted by Gasteiger charge is -2.35. The van der Waals surface area contributed by atoms with Crippen LogP contribution in [0.15, 0.2) is 24.3 Å². The summed E-state index contributed by atoms with van der Waals surface area (Å²) in [5, 5.41) is 2.66. The Morgan fingerprint density at radius 1 is 1.35 bits per heavy atom. The number of benzene rings is 1. The van der Waals surface area contributed by atoms with Crippen LogP contribution in [0.1, 0.15) is 29.6 Å². The van der Waals surface area contributed by atoms with E-state index in [1.165, 1.54) is 18.2 Å². The first-order chi connectivity index (χ1) is 11.0. The van der Waals surface area contributed by atoms with Crippen molar-refractivity contribution >= 4 is 11.8 Å². The number of carbonyl (C=O) groups excluding carboxylic acids is 2. The summed E-state index contributed by atoms with van der Waals surface area (Å²) in [5.41, 5.74) is 0.265. The van der Waals surface area contributed by atoms with Gasteiger partial charge in [-0.2, -0.15) is 0 Å². The Bertz CT molecular complexity index is 557. The fraction of sp³-hybridized carbons (Fsp3) is 0.529. The van der Waals surface area contributed by atoms with Gasteiger partial charge in [-0.15, -0.1) is 0 Å². The second-order valence-electron chi connectivity index (χ2n) is 6.06. The van der Waals surface area contributed by atoms with E-state index < -0.39 is 5.82 Å². The van der Waals surface area contributed by atoms with E-state index in [2.05, 4.69) is 17.3 Å². The van der Waals surface area contributed by atoms with Crippen LogP contribution < -0.4 is 5.32 Å². The Hall–Kier alpha value is -1.95. The van der Waals surface area contributed by atoms with Gasteiger partial charge in [0.2, 0.25) is 5.91 Å². The molecule has 1 heterocycles. The van der Waals surface area contributed by atoms with Crippen molar-refractivity contribution < 1.29 is 14.0 Å². The zero-order valence-electron chi connectivity index (χ0n) is 13.7. The molecule has 1 aliphatic rings. The van der Waals surface area contributed by atoms with Crippen LogP contribution in [0.3, 0.4) is 0 Å². The van der Waals surface area contributed by atoms with Gasteiger partial charge in [-0.05, 0) is 51.2 Å². The van der Waals surface area contributed by atoms with Crippen LogP contribution in [-0.2, 0) is 4.79 Å². The number of amides is 2. The zero-order valence-corrected chi connectivity index (χ0v) is 13.7. The Labute approximate surface area is 136 Å². The molecule has 1 aromatic carbocycles. The number of rotatable bonds is 5. The predicted octanol–water partition coefficient (Wildman–Crippen LogP) is 1.50. The average molecular weight is 321 g/mol. The van der Waals surface area contributed by atoms with Gasteiger partial charge in [0.05, 0.1) is 0 Å². The third-order valence-electron chi connectivity index (χ3n) is 4.34. The monoisotopic (exact) mass is 321 g/mol.